The number of hydrogen-bond donors (Lipinski definition) is 1. The van der Waals surface area contributed by atoms with Crippen LogP contribution in [0, 0.1) is 0 Å². The number of nitrogens with zero attached hydrogens (tertiary/aromatic N) is 1. The molecule has 1 N–H and O–H groups in total. The average Bonchev–Trinajstić information content (AvgIpc) is 1.73. The Morgan fingerprint density at radius 2 is 1.92 bits per heavy atom. The van der Waals surface area contributed by atoms with E-state index < -0.39 is 0 Å². The molecule has 0 atom stereocenters. The predicted octanol–water partition coefficient (Wildman–Crippen LogP) is 0.605. The number of nitrogens with one attached hydrogen (secondary N) is 1. The van der Waals surface area contributed by atoms with Crippen molar-refractivity contribution in [2.75, 3.05) is 13.1 Å². The van der Waals surface area contributed by atoms with Crippen LogP contribution < -0.4 is 5.32 Å². The molecule has 1 amide bonds. The molecule has 1 heterocycles. The largest absolute Gasteiger partial charge is 0.351 e. The lowest BCUT2D eigenvalue weighted by molar-refractivity contribution is -0.121. The average molecular weight is 170 g/mol. The van der Waals surface area contributed by atoms with E-state index in [0.717, 1.165) is 13.1 Å². The first-order valence-electron chi connectivity index (χ1n) is 4.42. The van der Waals surface area contributed by atoms with Gasteiger partial charge in [-0.05, 0) is 20.8 Å². The number of carbonyl (C=O) groups excluding carboxylic acids is 1. The summed E-state index contributed by atoms with van der Waals surface area (Å²) in [6.45, 7) is 10.1. The van der Waals surface area contributed by atoms with Crippen molar-refractivity contribution >= 4 is 5.91 Å². The minimum absolute atomic E-state index is 0.0774. The monoisotopic (exact) mass is 170 g/mol. The van der Waals surface area contributed by atoms with Crippen molar-refractivity contribution in [1.29, 1.82) is 0 Å². The highest BCUT2D eigenvalue weighted by Gasteiger charge is 2.34. The van der Waals surface area contributed by atoms with Gasteiger partial charge in [0.05, 0.1) is 6.04 Å². The minimum atomic E-state index is 0.0774. The fourth-order valence-electron chi connectivity index (χ4n) is 1.41. The third-order valence-electron chi connectivity index (χ3n) is 2.24. The molecule has 1 fully saturated rings. The van der Waals surface area contributed by atoms with E-state index in [4.69, 9.17) is 0 Å². The number of amides is 1. The fourth-order valence-corrected chi connectivity index (χ4v) is 1.41. The Labute approximate surface area is 74.1 Å². The van der Waals surface area contributed by atoms with E-state index in [-0.39, 0.29) is 11.4 Å². The number of hydrogen-bond acceptors (Lipinski definition) is 2. The first-order valence-corrected chi connectivity index (χ1v) is 4.42. The zero-order valence-corrected chi connectivity index (χ0v) is 8.35. The molecule has 0 aromatic rings. The molecule has 0 aromatic carbocycles. The summed E-state index contributed by atoms with van der Waals surface area (Å²) in [5, 5.41) is 2.90. The molecular weight excluding hydrogens is 152 g/mol. The van der Waals surface area contributed by atoms with Crippen LogP contribution in [0.25, 0.3) is 0 Å². The zero-order chi connectivity index (χ0) is 9.35. The van der Waals surface area contributed by atoms with Crippen LogP contribution in [0.15, 0.2) is 0 Å². The van der Waals surface area contributed by atoms with Crippen LogP contribution in [0.2, 0.25) is 0 Å². The van der Waals surface area contributed by atoms with Crippen LogP contribution in [0.4, 0.5) is 0 Å². The topological polar surface area (TPSA) is 32.3 Å². The van der Waals surface area contributed by atoms with Gasteiger partial charge in [0.2, 0.25) is 5.91 Å². The van der Waals surface area contributed by atoms with E-state index in [2.05, 4.69) is 31.0 Å². The van der Waals surface area contributed by atoms with Gasteiger partial charge in [-0.2, -0.15) is 0 Å². The molecule has 70 valence electrons. The Hall–Kier alpha value is -0.570. The molecule has 1 rings (SSSR count). The van der Waals surface area contributed by atoms with Crippen molar-refractivity contribution in [2.45, 2.75) is 39.3 Å². The zero-order valence-electron chi connectivity index (χ0n) is 8.35. The lowest BCUT2D eigenvalue weighted by Crippen LogP contribution is -2.64. The maximum absolute atomic E-state index is 10.7. The summed E-state index contributed by atoms with van der Waals surface area (Å²) in [7, 11) is 0. The van der Waals surface area contributed by atoms with Crippen molar-refractivity contribution in [2.24, 2.45) is 0 Å². The first-order chi connectivity index (χ1) is 5.39. The van der Waals surface area contributed by atoms with Crippen LogP contribution in [-0.2, 0) is 4.79 Å². The van der Waals surface area contributed by atoms with Gasteiger partial charge in [0.15, 0.2) is 0 Å². The summed E-state index contributed by atoms with van der Waals surface area (Å²) in [5.41, 5.74) is 0.245. The quantitative estimate of drug-likeness (QED) is 0.625. The van der Waals surface area contributed by atoms with Crippen molar-refractivity contribution < 1.29 is 4.79 Å². The summed E-state index contributed by atoms with van der Waals surface area (Å²) in [4.78, 5) is 13.0. The Bertz CT molecular complexity index is 177. The Morgan fingerprint density at radius 3 is 2.25 bits per heavy atom. The molecule has 0 radical (unpaired) electrons. The standard InChI is InChI=1S/C9H18N2O/c1-7(12)10-8-5-11(6-8)9(2,3)4/h8H,5-6H2,1-4H3,(H,10,12). The highest BCUT2D eigenvalue weighted by atomic mass is 16.1. The second-order valence-corrected chi connectivity index (χ2v) is 4.47. The molecule has 0 aliphatic carbocycles. The second kappa shape index (κ2) is 3.05. The molecule has 1 aliphatic rings. The number of carbonyl (C=O) groups is 1. The van der Waals surface area contributed by atoms with Gasteiger partial charge in [0.25, 0.3) is 0 Å². The molecule has 0 saturated carbocycles. The van der Waals surface area contributed by atoms with E-state index in [9.17, 15) is 4.79 Å². The van der Waals surface area contributed by atoms with Gasteiger partial charge in [0.1, 0.15) is 0 Å². The minimum Gasteiger partial charge on any atom is -0.351 e. The second-order valence-electron chi connectivity index (χ2n) is 4.47. The molecule has 1 saturated heterocycles. The van der Waals surface area contributed by atoms with E-state index in [0.29, 0.717) is 6.04 Å². The Balaban J connectivity index is 2.25. The summed E-state index contributed by atoms with van der Waals surface area (Å²) in [6, 6.07) is 0.377. The number of rotatable bonds is 1. The van der Waals surface area contributed by atoms with Crippen molar-refractivity contribution in [1.82, 2.24) is 10.2 Å². The smallest absolute Gasteiger partial charge is 0.217 e. The highest BCUT2D eigenvalue weighted by molar-refractivity contribution is 5.73. The lowest BCUT2D eigenvalue weighted by Gasteiger charge is -2.47. The summed E-state index contributed by atoms with van der Waals surface area (Å²) < 4.78 is 0. The van der Waals surface area contributed by atoms with E-state index in [1.807, 2.05) is 0 Å². The molecule has 0 spiro atoms. The molecule has 3 heteroatoms. The molecular formula is C9H18N2O. The van der Waals surface area contributed by atoms with Gasteiger partial charge in [0, 0.05) is 25.6 Å². The molecule has 3 nitrogen and oxygen atoms in total. The first kappa shape index (κ1) is 9.52. The summed E-state index contributed by atoms with van der Waals surface area (Å²) in [5.74, 6) is 0.0774. The normalized spacial score (nSPS) is 20.3. The van der Waals surface area contributed by atoms with Crippen LogP contribution in [-0.4, -0.2) is 35.5 Å². The van der Waals surface area contributed by atoms with Gasteiger partial charge in [-0.3, -0.25) is 9.69 Å². The van der Waals surface area contributed by atoms with E-state index in [1.165, 1.54) is 0 Å². The predicted molar refractivity (Wildman–Crippen MR) is 48.9 cm³/mol. The fraction of sp³-hybridized carbons (Fsp3) is 0.889. The van der Waals surface area contributed by atoms with E-state index >= 15 is 0 Å². The lowest BCUT2D eigenvalue weighted by atomic mass is 9.98. The van der Waals surface area contributed by atoms with Crippen molar-refractivity contribution in [3.8, 4) is 0 Å². The van der Waals surface area contributed by atoms with Crippen LogP contribution in [0.1, 0.15) is 27.7 Å². The molecule has 12 heavy (non-hydrogen) atoms. The van der Waals surface area contributed by atoms with Crippen LogP contribution in [0.3, 0.4) is 0 Å². The molecule has 0 bridgehead atoms. The van der Waals surface area contributed by atoms with Crippen LogP contribution >= 0.6 is 0 Å². The SMILES string of the molecule is CC(=O)NC1CN(C(C)(C)C)C1. The summed E-state index contributed by atoms with van der Waals surface area (Å²) in [6.07, 6.45) is 0. The Kier molecular flexibility index (Phi) is 2.42. The van der Waals surface area contributed by atoms with Gasteiger partial charge >= 0.3 is 0 Å². The maximum Gasteiger partial charge on any atom is 0.217 e. The van der Waals surface area contributed by atoms with Gasteiger partial charge in [-0.25, -0.2) is 0 Å². The highest BCUT2D eigenvalue weighted by Crippen LogP contribution is 2.20. The van der Waals surface area contributed by atoms with Crippen molar-refractivity contribution in [3.63, 3.8) is 0 Å². The third-order valence-corrected chi connectivity index (χ3v) is 2.24. The van der Waals surface area contributed by atoms with Gasteiger partial charge < -0.3 is 5.32 Å². The molecule has 1 aliphatic heterocycles. The number of likely N-dealkylation sites (tertiary alicyclic amines) is 1. The molecule has 0 unspecified atom stereocenters. The van der Waals surface area contributed by atoms with Crippen molar-refractivity contribution in [3.05, 3.63) is 0 Å². The van der Waals surface area contributed by atoms with Crippen LogP contribution in [0.5, 0.6) is 0 Å². The van der Waals surface area contributed by atoms with E-state index in [1.54, 1.807) is 6.92 Å². The third kappa shape index (κ3) is 2.21. The summed E-state index contributed by atoms with van der Waals surface area (Å²) >= 11 is 0. The maximum atomic E-state index is 10.7. The van der Waals surface area contributed by atoms with Gasteiger partial charge in [-0.1, -0.05) is 0 Å². The molecule has 0 aromatic heterocycles. The van der Waals surface area contributed by atoms with Gasteiger partial charge in [-0.15, -0.1) is 0 Å². The Morgan fingerprint density at radius 1 is 1.42 bits per heavy atom.